The monoisotopic (exact) mass is 344 g/mol. The minimum atomic E-state index is -0.319. The fraction of sp³-hybridized carbons (Fsp3) is 0.667. The number of ether oxygens (including phenoxy) is 2. The molecule has 1 aromatic rings. The summed E-state index contributed by atoms with van der Waals surface area (Å²) in [5.41, 5.74) is 2.76. The molecule has 0 heterocycles. The second-order valence-corrected chi connectivity index (χ2v) is 8.35. The number of aryl methyl sites for hydroxylation is 1. The Morgan fingerprint density at radius 1 is 1.20 bits per heavy atom. The Kier molecular flexibility index (Phi) is 4.06. The van der Waals surface area contributed by atoms with Gasteiger partial charge in [-0.05, 0) is 85.0 Å². The van der Waals surface area contributed by atoms with Gasteiger partial charge < -0.3 is 14.6 Å². The van der Waals surface area contributed by atoms with Crippen molar-refractivity contribution in [1.29, 1.82) is 0 Å². The molecule has 3 aliphatic carbocycles. The summed E-state index contributed by atoms with van der Waals surface area (Å²) in [6, 6.07) is 4.10. The SMILES string of the molecule is COc1cc2c(cc1OC(C)=O)CCC1C2CCC2(C)C(O)CCC12. The summed E-state index contributed by atoms with van der Waals surface area (Å²) in [7, 11) is 1.63. The molecule has 0 bridgehead atoms. The molecule has 25 heavy (non-hydrogen) atoms. The number of esters is 1. The van der Waals surface area contributed by atoms with E-state index in [1.807, 2.05) is 6.07 Å². The van der Waals surface area contributed by atoms with Gasteiger partial charge in [0.2, 0.25) is 0 Å². The number of aliphatic hydroxyl groups is 1. The lowest BCUT2D eigenvalue weighted by Crippen LogP contribution is -2.43. The molecule has 0 aromatic heterocycles. The van der Waals surface area contributed by atoms with Gasteiger partial charge in [0.05, 0.1) is 13.2 Å². The fourth-order valence-electron chi connectivity index (χ4n) is 5.94. The lowest BCUT2D eigenvalue weighted by Gasteiger charge is -2.50. The molecule has 0 spiro atoms. The summed E-state index contributed by atoms with van der Waals surface area (Å²) in [5.74, 6) is 2.66. The van der Waals surface area contributed by atoms with Gasteiger partial charge in [-0.15, -0.1) is 0 Å². The highest BCUT2D eigenvalue weighted by atomic mass is 16.6. The van der Waals surface area contributed by atoms with Crippen molar-refractivity contribution in [2.24, 2.45) is 17.3 Å². The molecule has 136 valence electrons. The minimum Gasteiger partial charge on any atom is -0.493 e. The first-order valence-electron chi connectivity index (χ1n) is 9.51. The topological polar surface area (TPSA) is 55.8 Å². The molecular formula is C21H28O4. The highest BCUT2D eigenvalue weighted by molar-refractivity contribution is 5.71. The van der Waals surface area contributed by atoms with Crippen LogP contribution < -0.4 is 9.47 Å². The summed E-state index contributed by atoms with van der Waals surface area (Å²) >= 11 is 0. The predicted octanol–water partition coefficient (Wildman–Crippen LogP) is 3.84. The summed E-state index contributed by atoms with van der Waals surface area (Å²) < 4.78 is 10.8. The van der Waals surface area contributed by atoms with Crippen LogP contribution in [0.15, 0.2) is 12.1 Å². The van der Waals surface area contributed by atoms with Gasteiger partial charge in [0, 0.05) is 6.92 Å². The molecule has 0 aliphatic heterocycles. The Hall–Kier alpha value is -1.55. The molecule has 4 heteroatoms. The Morgan fingerprint density at radius 3 is 2.72 bits per heavy atom. The molecule has 1 N–H and O–H groups in total. The zero-order valence-electron chi connectivity index (χ0n) is 15.4. The predicted molar refractivity (Wildman–Crippen MR) is 94.9 cm³/mol. The van der Waals surface area contributed by atoms with Crippen LogP contribution in [0, 0.1) is 17.3 Å². The van der Waals surface area contributed by atoms with Crippen LogP contribution in [-0.2, 0) is 11.2 Å². The van der Waals surface area contributed by atoms with Crippen LogP contribution in [0.3, 0.4) is 0 Å². The quantitative estimate of drug-likeness (QED) is 0.654. The van der Waals surface area contributed by atoms with Crippen molar-refractivity contribution >= 4 is 5.97 Å². The average Bonchev–Trinajstić information content (AvgIpc) is 2.89. The maximum absolute atomic E-state index is 11.4. The maximum Gasteiger partial charge on any atom is 0.308 e. The number of fused-ring (bicyclic) bond motifs is 5. The van der Waals surface area contributed by atoms with E-state index in [-0.39, 0.29) is 17.5 Å². The second-order valence-electron chi connectivity index (χ2n) is 8.35. The molecule has 4 nitrogen and oxygen atoms in total. The van der Waals surface area contributed by atoms with Crippen molar-refractivity contribution in [3.05, 3.63) is 23.3 Å². The van der Waals surface area contributed by atoms with Gasteiger partial charge >= 0.3 is 5.97 Å². The Bertz CT molecular complexity index is 697. The fourth-order valence-corrected chi connectivity index (χ4v) is 5.94. The van der Waals surface area contributed by atoms with Crippen LogP contribution in [0.5, 0.6) is 11.5 Å². The lowest BCUT2D eigenvalue weighted by molar-refractivity contribution is -0.132. The van der Waals surface area contributed by atoms with Crippen LogP contribution in [0.1, 0.15) is 63.0 Å². The summed E-state index contributed by atoms with van der Waals surface area (Å²) in [6.07, 6.45) is 6.35. The van der Waals surface area contributed by atoms with Crippen molar-refractivity contribution < 1.29 is 19.4 Å². The maximum atomic E-state index is 11.4. The zero-order chi connectivity index (χ0) is 17.8. The first-order chi connectivity index (χ1) is 11.9. The van der Waals surface area contributed by atoms with E-state index in [4.69, 9.17) is 9.47 Å². The van der Waals surface area contributed by atoms with E-state index in [1.165, 1.54) is 18.1 Å². The summed E-state index contributed by atoms with van der Waals surface area (Å²) in [4.78, 5) is 11.4. The third-order valence-electron chi connectivity index (χ3n) is 7.21. The average molecular weight is 344 g/mol. The number of aliphatic hydroxyl groups excluding tert-OH is 1. The van der Waals surface area contributed by atoms with Crippen LogP contribution in [0.2, 0.25) is 0 Å². The Labute approximate surface area is 149 Å². The zero-order valence-corrected chi connectivity index (χ0v) is 15.4. The minimum absolute atomic E-state index is 0.0977. The van der Waals surface area contributed by atoms with Crippen molar-refractivity contribution in [1.82, 2.24) is 0 Å². The normalized spacial score (nSPS) is 36.2. The Morgan fingerprint density at radius 2 is 2.00 bits per heavy atom. The van der Waals surface area contributed by atoms with Crippen LogP contribution >= 0.6 is 0 Å². The molecule has 2 fully saturated rings. The summed E-state index contributed by atoms with van der Waals surface area (Å²) in [6.45, 7) is 3.72. The van der Waals surface area contributed by atoms with Gasteiger partial charge in [0.1, 0.15) is 0 Å². The Balaban J connectivity index is 1.70. The van der Waals surface area contributed by atoms with E-state index in [2.05, 4.69) is 13.0 Å². The van der Waals surface area contributed by atoms with E-state index >= 15 is 0 Å². The van der Waals surface area contributed by atoms with Crippen molar-refractivity contribution in [3.8, 4) is 11.5 Å². The van der Waals surface area contributed by atoms with Crippen molar-refractivity contribution in [2.45, 2.75) is 64.4 Å². The van der Waals surface area contributed by atoms with Crippen molar-refractivity contribution in [3.63, 3.8) is 0 Å². The third kappa shape index (κ3) is 2.57. The first-order valence-corrected chi connectivity index (χ1v) is 9.51. The van der Waals surface area contributed by atoms with E-state index < -0.39 is 0 Å². The standard InChI is InChI=1S/C21H28O4/c1-12(22)25-19-10-13-4-5-15-14(16(13)11-18(19)24-3)8-9-21(2)17(15)6-7-20(21)23/h10-11,14-15,17,20,23H,4-9H2,1-3H3. The summed E-state index contributed by atoms with van der Waals surface area (Å²) in [5, 5.41) is 10.5. The largest absolute Gasteiger partial charge is 0.493 e. The van der Waals surface area contributed by atoms with E-state index in [9.17, 15) is 9.90 Å². The molecule has 1 aromatic carbocycles. The molecule has 5 atom stereocenters. The van der Waals surface area contributed by atoms with Crippen LogP contribution in [-0.4, -0.2) is 24.3 Å². The number of rotatable bonds is 2. The second kappa shape index (κ2) is 6.01. The molecule has 0 radical (unpaired) electrons. The highest BCUT2D eigenvalue weighted by Gasteiger charge is 2.54. The molecule has 2 saturated carbocycles. The van der Waals surface area contributed by atoms with E-state index in [0.717, 1.165) is 38.5 Å². The lowest BCUT2D eigenvalue weighted by atomic mass is 9.55. The number of hydrogen-bond donors (Lipinski definition) is 1. The number of carbonyl (C=O) groups excluding carboxylic acids is 1. The molecule has 5 unspecified atom stereocenters. The molecule has 0 amide bonds. The van der Waals surface area contributed by atoms with Gasteiger partial charge in [-0.1, -0.05) is 6.92 Å². The molecule has 0 saturated heterocycles. The molecule has 4 rings (SSSR count). The number of methoxy groups -OCH3 is 1. The van der Waals surface area contributed by atoms with Gasteiger partial charge in [0.15, 0.2) is 11.5 Å². The number of carbonyl (C=O) groups is 1. The number of hydrogen-bond acceptors (Lipinski definition) is 4. The molecule has 3 aliphatic rings. The van der Waals surface area contributed by atoms with Crippen LogP contribution in [0.25, 0.3) is 0 Å². The van der Waals surface area contributed by atoms with E-state index in [1.54, 1.807) is 7.11 Å². The third-order valence-corrected chi connectivity index (χ3v) is 7.21. The van der Waals surface area contributed by atoms with Crippen LogP contribution in [0.4, 0.5) is 0 Å². The van der Waals surface area contributed by atoms with Gasteiger partial charge in [-0.25, -0.2) is 0 Å². The van der Waals surface area contributed by atoms with Gasteiger partial charge in [0.25, 0.3) is 0 Å². The van der Waals surface area contributed by atoms with Crippen molar-refractivity contribution in [2.75, 3.05) is 7.11 Å². The van der Waals surface area contributed by atoms with Gasteiger partial charge in [-0.3, -0.25) is 4.79 Å². The van der Waals surface area contributed by atoms with E-state index in [0.29, 0.717) is 29.3 Å². The first kappa shape index (κ1) is 16.9. The highest BCUT2D eigenvalue weighted by Crippen LogP contribution is 2.61. The number of benzene rings is 1. The van der Waals surface area contributed by atoms with Gasteiger partial charge in [-0.2, -0.15) is 0 Å². The molecular weight excluding hydrogens is 316 g/mol. The smallest absolute Gasteiger partial charge is 0.308 e.